The molecule has 2 N–H and O–H groups in total. The summed E-state index contributed by atoms with van der Waals surface area (Å²) in [5, 5.41) is 3.61. The van der Waals surface area contributed by atoms with Crippen molar-refractivity contribution < 1.29 is 9.63 Å². The number of pyridine rings is 1. The minimum absolute atomic E-state index is 0.114. The summed E-state index contributed by atoms with van der Waals surface area (Å²) in [4.78, 5) is 20.4. The maximum absolute atomic E-state index is 11.8. The molecule has 0 saturated carbocycles. The number of carbonyl (C=O) groups excluding carboxylic acids is 1. The topological polar surface area (TPSA) is 77.6 Å². The molecule has 0 saturated heterocycles. The Hall–Kier alpha value is -2.21. The number of oxime groups is 1. The Bertz CT molecular complexity index is 614. The molecule has 0 spiro atoms. The maximum atomic E-state index is 11.8. The molecule has 1 heterocycles. The molecule has 0 atom stereocenters. The van der Waals surface area contributed by atoms with Crippen LogP contribution in [0.3, 0.4) is 0 Å². The molecule has 0 radical (unpaired) electrons. The number of amidine groups is 1. The van der Waals surface area contributed by atoms with Gasteiger partial charge in [-0.05, 0) is 40.2 Å². The number of benzene rings is 1. The highest BCUT2D eigenvalue weighted by atomic mass is 79.9. The normalized spacial score (nSPS) is 11.1. The smallest absolute Gasteiger partial charge is 0.366 e. The van der Waals surface area contributed by atoms with Gasteiger partial charge >= 0.3 is 5.97 Å². The monoisotopic (exact) mass is 319 g/mol. The number of hydrogen-bond acceptors (Lipinski definition) is 4. The Morgan fingerprint density at radius 1 is 1.21 bits per heavy atom. The first-order valence-corrected chi connectivity index (χ1v) is 6.17. The standard InChI is InChI=1S/C13H10BrN3O2/c14-11-4-2-1-3-10(11)13(18)19-17-12(15)9-5-7-16-8-6-9/h1-8H,(H2,15,17). The first-order valence-electron chi connectivity index (χ1n) is 5.38. The van der Waals surface area contributed by atoms with E-state index in [-0.39, 0.29) is 5.84 Å². The molecule has 1 aromatic carbocycles. The van der Waals surface area contributed by atoms with Gasteiger partial charge in [0, 0.05) is 22.4 Å². The molecule has 6 heteroatoms. The van der Waals surface area contributed by atoms with E-state index >= 15 is 0 Å². The van der Waals surface area contributed by atoms with Gasteiger partial charge in [0.1, 0.15) is 0 Å². The summed E-state index contributed by atoms with van der Waals surface area (Å²) in [5.74, 6) is -0.465. The van der Waals surface area contributed by atoms with Crippen molar-refractivity contribution in [3.8, 4) is 0 Å². The molecule has 0 bridgehead atoms. The molecule has 0 unspecified atom stereocenters. The lowest BCUT2D eigenvalue weighted by atomic mass is 10.2. The van der Waals surface area contributed by atoms with Crippen LogP contribution in [0.2, 0.25) is 0 Å². The van der Waals surface area contributed by atoms with Gasteiger partial charge in [0.2, 0.25) is 0 Å². The molecule has 0 aliphatic rings. The van der Waals surface area contributed by atoms with Crippen molar-refractivity contribution in [2.45, 2.75) is 0 Å². The summed E-state index contributed by atoms with van der Waals surface area (Å²) >= 11 is 3.26. The van der Waals surface area contributed by atoms with Gasteiger partial charge in [-0.1, -0.05) is 17.3 Å². The highest BCUT2D eigenvalue weighted by molar-refractivity contribution is 9.10. The second kappa shape index (κ2) is 6.10. The molecule has 0 aliphatic heterocycles. The summed E-state index contributed by atoms with van der Waals surface area (Å²) in [6, 6.07) is 10.3. The van der Waals surface area contributed by atoms with Crippen LogP contribution in [-0.4, -0.2) is 16.8 Å². The fourth-order valence-corrected chi connectivity index (χ4v) is 1.79. The molecule has 96 valence electrons. The number of nitrogens with two attached hydrogens (primary N) is 1. The predicted molar refractivity (Wildman–Crippen MR) is 74.5 cm³/mol. The van der Waals surface area contributed by atoms with Gasteiger partial charge in [-0.15, -0.1) is 0 Å². The Morgan fingerprint density at radius 3 is 2.58 bits per heavy atom. The zero-order chi connectivity index (χ0) is 13.7. The highest BCUT2D eigenvalue weighted by Crippen LogP contribution is 2.16. The number of aromatic nitrogens is 1. The van der Waals surface area contributed by atoms with Gasteiger partial charge < -0.3 is 10.6 Å². The number of halogens is 1. The van der Waals surface area contributed by atoms with Crippen LogP contribution in [0.5, 0.6) is 0 Å². The summed E-state index contributed by atoms with van der Waals surface area (Å²) in [5.41, 5.74) is 6.71. The largest absolute Gasteiger partial charge is 0.380 e. The van der Waals surface area contributed by atoms with Gasteiger partial charge in [0.25, 0.3) is 0 Å². The summed E-state index contributed by atoms with van der Waals surface area (Å²) in [7, 11) is 0. The van der Waals surface area contributed by atoms with E-state index < -0.39 is 5.97 Å². The molecule has 0 amide bonds. The van der Waals surface area contributed by atoms with Gasteiger partial charge in [-0.2, -0.15) is 0 Å². The average Bonchev–Trinajstić information content (AvgIpc) is 2.46. The van der Waals surface area contributed by atoms with Crippen molar-refractivity contribution in [1.82, 2.24) is 4.98 Å². The van der Waals surface area contributed by atoms with E-state index in [0.29, 0.717) is 15.6 Å². The van der Waals surface area contributed by atoms with Crippen molar-refractivity contribution in [2.75, 3.05) is 0 Å². The first kappa shape index (κ1) is 13.2. The molecular formula is C13H10BrN3O2. The third-order valence-corrected chi connectivity index (χ3v) is 2.99. The molecule has 1 aromatic heterocycles. The average molecular weight is 320 g/mol. The van der Waals surface area contributed by atoms with E-state index in [1.165, 1.54) is 0 Å². The SMILES string of the molecule is NC(=NOC(=O)c1ccccc1Br)c1ccncc1. The van der Waals surface area contributed by atoms with Gasteiger partial charge in [0.05, 0.1) is 5.56 Å². The number of nitrogens with zero attached hydrogens (tertiary/aromatic N) is 2. The van der Waals surface area contributed by atoms with Crippen molar-refractivity contribution in [3.05, 3.63) is 64.4 Å². The fraction of sp³-hybridized carbons (Fsp3) is 0. The Labute approximate surface area is 118 Å². The zero-order valence-corrected chi connectivity index (χ0v) is 11.4. The minimum Gasteiger partial charge on any atom is -0.380 e. The summed E-state index contributed by atoms with van der Waals surface area (Å²) in [6.07, 6.45) is 3.15. The predicted octanol–water partition coefficient (Wildman–Crippen LogP) is 2.32. The minimum atomic E-state index is -0.579. The third-order valence-electron chi connectivity index (χ3n) is 2.30. The van der Waals surface area contributed by atoms with Gasteiger partial charge in [-0.25, -0.2) is 4.79 Å². The fourth-order valence-electron chi connectivity index (χ4n) is 1.34. The van der Waals surface area contributed by atoms with Crippen LogP contribution in [0.15, 0.2) is 58.4 Å². The zero-order valence-electron chi connectivity index (χ0n) is 9.79. The molecule has 5 nitrogen and oxygen atoms in total. The lowest BCUT2D eigenvalue weighted by molar-refractivity contribution is 0.0515. The molecule has 2 aromatic rings. The van der Waals surface area contributed by atoms with Crippen molar-refractivity contribution in [1.29, 1.82) is 0 Å². The molecule has 0 aliphatic carbocycles. The third kappa shape index (κ3) is 3.38. The summed E-state index contributed by atoms with van der Waals surface area (Å²) < 4.78 is 0.637. The van der Waals surface area contributed by atoms with Crippen LogP contribution in [0, 0.1) is 0 Å². The van der Waals surface area contributed by atoms with E-state index in [2.05, 4.69) is 26.1 Å². The van der Waals surface area contributed by atoms with E-state index in [1.807, 2.05) is 0 Å². The molecule has 2 rings (SSSR count). The van der Waals surface area contributed by atoms with Crippen LogP contribution < -0.4 is 5.73 Å². The highest BCUT2D eigenvalue weighted by Gasteiger charge is 2.11. The Kier molecular flexibility index (Phi) is 4.25. The van der Waals surface area contributed by atoms with Crippen LogP contribution in [0.25, 0.3) is 0 Å². The Balaban J connectivity index is 2.11. The quantitative estimate of drug-likeness (QED) is 0.407. The second-order valence-electron chi connectivity index (χ2n) is 3.57. The van der Waals surface area contributed by atoms with Gasteiger partial charge in [-0.3, -0.25) is 4.98 Å². The molecule has 0 fully saturated rings. The van der Waals surface area contributed by atoms with Crippen LogP contribution in [-0.2, 0) is 4.84 Å². The first-order chi connectivity index (χ1) is 9.18. The van der Waals surface area contributed by atoms with Crippen molar-refractivity contribution in [2.24, 2.45) is 10.9 Å². The van der Waals surface area contributed by atoms with Crippen LogP contribution in [0.4, 0.5) is 0 Å². The second-order valence-corrected chi connectivity index (χ2v) is 4.43. The van der Waals surface area contributed by atoms with E-state index in [1.54, 1.807) is 48.8 Å². The van der Waals surface area contributed by atoms with Crippen molar-refractivity contribution in [3.63, 3.8) is 0 Å². The van der Waals surface area contributed by atoms with E-state index in [9.17, 15) is 4.79 Å². The lowest BCUT2D eigenvalue weighted by Crippen LogP contribution is -2.15. The number of hydrogen-bond donors (Lipinski definition) is 1. The van der Waals surface area contributed by atoms with E-state index in [0.717, 1.165) is 0 Å². The maximum Gasteiger partial charge on any atom is 0.366 e. The molecule has 19 heavy (non-hydrogen) atoms. The molecular weight excluding hydrogens is 310 g/mol. The van der Waals surface area contributed by atoms with E-state index in [4.69, 9.17) is 10.6 Å². The van der Waals surface area contributed by atoms with Crippen molar-refractivity contribution >= 4 is 27.7 Å². The van der Waals surface area contributed by atoms with Crippen LogP contribution >= 0.6 is 15.9 Å². The summed E-state index contributed by atoms with van der Waals surface area (Å²) in [6.45, 7) is 0. The number of rotatable bonds is 3. The Morgan fingerprint density at radius 2 is 1.89 bits per heavy atom. The van der Waals surface area contributed by atoms with Crippen LogP contribution in [0.1, 0.15) is 15.9 Å². The lowest BCUT2D eigenvalue weighted by Gasteiger charge is -2.02. The number of carbonyl (C=O) groups is 1. The van der Waals surface area contributed by atoms with Gasteiger partial charge in [0.15, 0.2) is 5.84 Å².